The molecule has 0 aromatic carbocycles. The van der Waals surface area contributed by atoms with Crippen LogP contribution in [0.3, 0.4) is 0 Å². The fraction of sp³-hybridized carbons (Fsp3) is 0.684. The fourth-order valence-corrected chi connectivity index (χ4v) is 4.90. The van der Waals surface area contributed by atoms with Gasteiger partial charge in [-0.25, -0.2) is 9.97 Å². The molecule has 1 saturated carbocycles. The van der Waals surface area contributed by atoms with Gasteiger partial charge in [0, 0.05) is 37.4 Å². The van der Waals surface area contributed by atoms with Crippen LogP contribution in [0.5, 0.6) is 0 Å². The molecule has 146 valence electrons. The summed E-state index contributed by atoms with van der Waals surface area (Å²) in [4.78, 5) is 23.9. The molecule has 1 saturated heterocycles. The van der Waals surface area contributed by atoms with Crippen LogP contribution in [0.25, 0.3) is 0 Å². The van der Waals surface area contributed by atoms with Gasteiger partial charge in [-0.2, -0.15) is 5.10 Å². The van der Waals surface area contributed by atoms with Crippen molar-refractivity contribution >= 4 is 17.2 Å². The van der Waals surface area contributed by atoms with Crippen molar-refractivity contribution in [2.45, 2.75) is 63.4 Å². The van der Waals surface area contributed by atoms with Crippen LogP contribution in [0.4, 0.5) is 0 Å². The summed E-state index contributed by atoms with van der Waals surface area (Å²) in [6.07, 6.45) is 8.31. The molecule has 8 heteroatoms. The number of methoxy groups -OCH3 is 1. The molecule has 7 nitrogen and oxygen atoms in total. The van der Waals surface area contributed by atoms with Crippen molar-refractivity contribution in [3.05, 3.63) is 27.7 Å². The number of piperidine rings is 1. The van der Waals surface area contributed by atoms with E-state index < -0.39 is 0 Å². The molecule has 1 atom stereocenters. The highest BCUT2D eigenvalue weighted by Gasteiger charge is 2.30. The van der Waals surface area contributed by atoms with Crippen LogP contribution < -0.4 is 0 Å². The quantitative estimate of drug-likeness (QED) is 0.846. The zero-order valence-electron chi connectivity index (χ0n) is 15.8. The van der Waals surface area contributed by atoms with Crippen molar-refractivity contribution in [1.29, 1.82) is 0 Å². The number of rotatable bonds is 5. The van der Waals surface area contributed by atoms with Crippen LogP contribution in [-0.2, 0) is 11.3 Å². The molecule has 0 unspecified atom stereocenters. The van der Waals surface area contributed by atoms with E-state index in [0.717, 1.165) is 36.0 Å². The van der Waals surface area contributed by atoms with Gasteiger partial charge in [-0.15, -0.1) is 11.3 Å². The van der Waals surface area contributed by atoms with Crippen molar-refractivity contribution < 1.29 is 9.53 Å². The van der Waals surface area contributed by atoms with Gasteiger partial charge >= 0.3 is 0 Å². The third-order valence-electron chi connectivity index (χ3n) is 5.62. The second kappa shape index (κ2) is 8.48. The number of H-pyrrole nitrogens is 1. The fourth-order valence-electron chi connectivity index (χ4n) is 4.16. The number of thiazole rings is 1. The maximum absolute atomic E-state index is 12.8. The zero-order chi connectivity index (χ0) is 18.6. The second-order valence-corrected chi connectivity index (χ2v) is 8.51. The van der Waals surface area contributed by atoms with Crippen LogP contribution in [0.1, 0.15) is 83.9 Å². The molecule has 1 aliphatic heterocycles. The number of amides is 1. The lowest BCUT2D eigenvalue weighted by molar-refractivity contribution is 0.0699. The van der Waals surface area contributed by atoms with Gasteiger partial charge in [0.25, 0.3) is 5.91 Å². The summed E-state index contributed by atoms with van der Waals surface area (Å²) in [5, 5.41) is 10.3. The Bertz CT molecular complexity index is 768. The van der Waals surface area contributed by atoms with Gasteiger partial charge in [0.15, 0.2) is 5.82 Å². The number of ether oxygens (including phenoxy) is 1. The minimum absolute atomic E-state index is 0.00124. The molecule has 3 heterocycles. The van der Waals surface area contributed by atoms with Gasteiger partial charge in [0.1, 0.15) is 16.5 Å². The molecule has 27 heavy (non-hydrogen) atoms. The first kappa shape index (κ1) is 18.6. The van der Waals surface area contributed by atoms with Crippen molar-refractivity contribution in [3.8, 4) is 0 Å². The third kappa shape index (κ3) is 4.21. The summed E-state index contributed by atoms with van der Waals surface area (Å²) in [6, 6.07) is 0. The van der Waals surface area contributed by atoms with E-state index in [2.05, 4.69) is 15.2 Å². The highest BCUT2D eigenvalue weighted by atomic mass is 32.1. The van der Waals surface area contributed by atoms with E-state index in [4.69, 9.17) is 9.72 Å². The molecular formula is C19H27N5O2S. The number of likely N-dealkylation sites (tertiary alicyclic amines) is 1. The van der Waals surface area contributed by atoms with Gasteiger partial charge in [-0.1, -0.05) is 19.3 Å². The van der Waals surface area contributed by atoms with Gasteiger partial charge in [-0.3, -0.25) is 9.89 Å². The third-order valence-corrected chi connectivity index (χ3v) is 6.45. The van der Waals surface area contributed by atoms with E-state index in [9.17, 15) is 4.79 Å². The number of carbonyl (C=O) groups excluding carboxylic acids is 1. The Morgan fingerprint density at radius 2 is 2.04 bits per heavy atom. The Hall–Kier alpha value is -1.80. The number of nitrogens with one attached hydrogen (secondary N) is 1. The summed E-state index contributed by atoms with van der Waals surface area (Å²) in [7, 11) is 1.64. The van der Waals surface area contributed by atoms with Crippen LogP contribution in [0, 0.1) is 0 Å². The summed E-state index contributed by atoms with van der Waals surface area (Å²) < 4.78 is 5.10. The van der Waals surface area contributed by atoms with E-state index in [1.807, 2.05) is 10.3 Å². The number of hydrogen-bond acceptors (Lipinski definition) is 6. The molecular weight excluding hydrogens is 362 g/mol. The Morgan fingerprint density at radius 1 is 1.22 bits per heavy atom. The van der Waals surface area contributed by atoms with E-state index >= 15 is 0 Å². The van der Waals surface area contributed by atoms with Crippen molar-refractivity contribution in [2.75, 3.05) is 20.2 Å². The molecule has 1 N–H and O–H groups in total. The van der Waals surface area contributed by atoms with Crippen LogP contribution >= 0.6 is 11.3 Å². The average molecular weight is 390 g/mol. The molecule has 2 aromatic heterocycles. The minimum atomic E-state index is 0.00124. The van der Waals surface area contributed by atoms with Gasteiger partial charge in [-0.05, 0) is 25.7 Å². The normalized spacial score (nSPS) is 21.5. The lowest BCUT2D eigenvalue weighted by atomic mass is 9.89. The Balaban J connectivity index is 1.41. The molecule has 2 aromatic rings. The summed E-state index contributed by atoms with van der Waals surface area (Å²) in [5.41, 5.74) is 0.519. The van der Waals surface area contributed by atoms with E-state index in [1.165, 1.54) is 43.4 Å². The molecule has 1 amide bonds. The first-order valence-electron chi connectivity index (χ1n) is 9.89. The maximum Gasteiger partial charge on any atom is 0.273 e. The van der Waals surface area contributed by atoms with Crippen LogP contribution in [-0.4, -0.2) is 51.2 Å². The largest absolute Gasteiger partial charge is 0.378 e. The van der Waals surface area contributed by atoms with Crippen molar-refractivity contribution in [2.24, 2.45) is 0 Å². The number of aromatic amines is 1. The first-order valence-corrected chi connectivity index (χ1v) is 10.8. The van der Waals surface area contributed by atoms with E-state index in [0.29, 0.717) is 24.8 Å². The molecule has 2 aliphatic rings. The lowest BCUT2D eigenvalue weighted by Crippen LogP contribution is -2.39. The topological polar surface area (TPSA) is 84.0 Å². The first-order chi connectivity index (χ1) is 13.2. The molecule has 0 bridgehead atoms. The highest BCUT2D eigenvalue weighted by Crippen LogP contribution is 2.32. The predicted molar refractivity (Wildman–Crippen MR) is 103 cm³/mol. The zero-order valence-corrected chi connectivity index (χ0v) is 16.6. The van der Waals surface area contributed by atoms with E-state index in [1.54, 1.807) is 7.11 Å². The monoisotopic (exact) mass is 389 g/mol. The van der Waals surface area contributed by atoms with Crippen molar-refractivity contribution in [1.82, 2.24) is 25.1 Å². The summed E-state index contributed by atoms with van der Waals surface area (Å²) in [6.45, 7) is 1.88. The summed E-state index contributed by atoms with van der Waals surface area (Å²) >= 11 is 1.47. The van der Waals surface area contributed by atoms with Crippen LogP contribution in [0.2, 0.25) is 0 Å². The molecule has 1 aliphatic carbocycles. The number of hydrogen-bond donors (Lipinski definition) is 1. The van der Waals surface area contributed by atoms with Gasteiger partial charge in [0.2, 0.25) is 0 Å². The maximum atomic E-state index is 12.8. The summed E-state index contributed by atoms with van der Waals surface area (Å²) in [5.74, 6) is 2.63. The standard InChI is InChI=1S/C19H27N5O2S/c1-26-11-16-20-15(12-27-16)19(25)24-9-5-8-14(10-24)18-21-17(22-23-18)13-6-3-2-4-7-13/h12-14H,2-11H2,1H3,(H,21,22,23)/t14-/m0/s1. The number of carbonyl (C=O) groups is 1. The predicted octanol–water partition coefficient (Wildman–Crippen LogP) is 3.48. The molecule has 0 spiro atoms. The number of aromatic nitrogens is 4. The minimum Gasteiger partial charge on any atom is -0.378 e. The molecule has 2 fully saturated rings. The smallest absolute Gasteiger partial charge is 0.273 e. The van der Waals surface area contributed by atoms with Gasteiger partial charge in [0.05, 0.1) is 6.61 Å². The van der Waals surface area contributed by atoms with Gasteiger partial charge < -0.3 is 9.64 Å². The Kier molecular flexibility index (Phi) is 5.83. The second-order valence-electron chi connectivity index (χ2n) is 7.56. The number of nitrogens with zero attached hydrogens (tertiary/aromatic N) is 4. The van der Waals surface area contributed by atoms with Crippen LogP contribution in [0.15, 0.2) is 5.38 Å². The average Bonchev–Trinajstić information content (AvgIpc) is 3.39. The SMILES string of the molecule is COCc1nc(C(=O)N2CCC[C@H](c3n[nH]c(C4CCCCC4)n3)C2)cs1. The molecule has 4 rings (SSSR count). The molecule has 0 radical (unpaired) electrons. The van der Waals surface area contributed by atoms with E-state index in [-0.39, 0.29) is 11.8 Å². The Labute approximate surface area is 163 Å². The Morgan fingerprint density at radius 3 is 2.85 bits per heavy atom. The van der Waals surface area contributed by atoms with Crippen molar-refractivity contribution in [3.63, 3.8) is 0 Å². The lowest BCUT2D eigenvalue weighted by Gasteiger charge is -2.31. The highest BCUT2D eigenvalue weighted by molar-refractivity contribution is 7.09.